The largest absolute Gasteiger partial charge is 0.352 e. The smallest absolute Gasteiger partial charge is 0.170 e. The Morgan fingerprint density at radius 2 is 1.83 bits per heavy atom. The van der Waals surface area contributed by atoms with E-state index >= 15 is 0 Å². The highest BCUT2D eigenvalue weighted by molar-refractivity contribution is 7.80. The molecule has 0 spiro atoms. The van der Waals surface area contributed by atoms with Crippen molar-refractivity contribution in [1.82, 2.24) is 24.8 Å². The summed E-state index contributed by atoms with van der Waals surface area (Å²) in [6.07, 6.45) is 3.71. The lowest BCUT2D eigenvalue weighted by molar-refractivity contribution is 0.287. The van der Waals surface area contributed by atoms with Crippen LogP contribution in [0.2, 0.25) is 0 Å². The standard InChI is InChI=1S/C24H29N5S/c1-15(2)14-28-22(21(27-24(28)30)20-10-6-7-11-25-20)19-13-17(4)29(18(19)5)23-16(3)9-8-12-26-23/h6-13,15,21-22H,14H2,1-5H3,(H,27,30)/t21-,22+/m0/s1. The van der Waals surface area contributed by atoms with E-state index in [9.17, 15) is 0 Å². The first kappa shape index (κ1) is 20.5. The van der Waals surface area contributed by atoms with Gasteiger partial charge in [-0.3, -0.25) is 4.98 Å². The zero-order valence-corrected chi connectivity index (χ0v) is 19.1. The Morgan fingerprint density at radius 1 is 1.07 bits per heavy atom. The van der Waals surface area contributed by atoms with Crippen LogP contribution in [0.5, 0.6) is 0 Å². The van der Waals surface area contributed by atoms with E-state index in [0.29, 0.717) is 5.92 Å². The molecule has 0 saturated carbocycles. The van der Waals surface area contributed by atoms with Crippen LogP contribution in [0.15, 0.2) is 48.8 Å². The highest BCUT2D eigenvalue weighted by Gasteiger charge is 2.41. The highest BCUT2D eigenvalue weighted by Crippen LogP contribution is 2.41. The fraction of sp³-hybridized carbons (Fsp3) is 0.375. The van der Waals surface area contributed by atoms with Gasteiger partial charge in [0.15, 0.2) is 5.11 Å². The van der Waals surface area contributed by atoms with E-state index in [-0.39, 0.29) is 12.1 Å². The van der Waals surface area contributed by atoms with Gasteiger partial charge >= 0.3 is 0 Å². The molecule has 0 amide bonds. The van der Waals surface area contributed by atoms with Crippen LogP contribution in [0.1, 0.15) is 54.1 Å². The van der Waals surface area contributed by atoms with Crippen molar-refractivity contribution in [3.8, 4) is 5.82 Å². The molecule has 0 aromatic carbocycles. The number of hydrogen-bond donors (Lipinski definition) is 1. The predicted molar refractivity (Wildman–Crippen MR) is 125 cm³/mol. The average Bonchev–Trinajstić information content (AvgIpc) is 3.18. The minimum absolute atomic E-state index is 0.0104. The first-order valence-corrected chi connectivity index (χ1v) is 10.9. The lowest BCUT2D eigenvalue weighted by atomic mass is 9.96. The Kier molecular flexibility index (Phi) is 5.60. The van der Waals surface area contributed by atoms with E-state index in [4.69, 9.17) is 12.2 Å². The van der Waals surface area contributed by atoms with Crippen molar-refractivity contribution in [1.29, 1.82) is 0 Å². The minimum atomic E-state index is 0.0104. The van der Waals surface area contributed by atoms with E-state index in [0.717, 1.165) is 28.7 Å². The summed E-state index contributed by atoms with van der Waals surface area (Å²) in [5, 5.41) is 4.35. The maximum atomic E-state index is 5.78. The summed E-state index contributed by atoms with van der Waals surface area (Å²) in [5.74, 6) is 1.48. The molecule has 3 aromatic rings. The molecule has 1 aliphatic rings. The number of aromatic nitrogens is 3. The van der Waals surface area contributed by atoms with Crippen molar-refractivity contribution < 1.29 is 0 Å². The molecular weight excluding hydrogens is 390 g/mol. The summed E-state index contributed by atoms with van der Waals surface area (Å²) in [6.45, 7) is 11.8. The van der Waals surface area contributed by atoms with Gasteiger partial charge in [-0.15, -0.1) is 0 Å². The van der Waals surface area contributed by atoms with Crippen LogP contribution in [-0.2, 0) is 0 Å². The van der Waals surface area contributed by atoms with Crippen LogP contribution in [0.3, 0.4) is 0 Å². The molecule has 6 heteroatoms. The Bertz CT molecular complexity index is 1060. The number of hydrogen-bond acceptors (Lipinski definition) is 3. The molecule has 0 unspecified atom stereocenters. The molecule has 3 aromatic heterocycles. The van der Waals surface area contributed by atoms with Crippen LogP contribution in [0, 0.1) is 26.7 Å². The average molecular weight is 420 g/mol. The van der Waals surface area contributed by atoms with Crippen LogP contribution < -0.4 is 5.32 Å². The molecule has 5 nitrogen and oxygen atoms in total. The van der Waals surface area contributed by atoms with Gasteiger partial charge < -0.3 is 14.8 Å². The number of nitrogens with one attached hydrogen (secondary N) is 1. The maximum absolute atomic E-state index is 5.78. The fourth-order valence-electron chi connectivity index (χ4n) is 4.46. The van der Waals surface area contributed by atoms with Gasteiger partial charge in [0.2, 0.25) is 0 Å². The second-order valence-electron chi connectivity index (χ2n) is 8.48. The van der Waals surface area contributed by atoms with E-state index in [1.54, 1.807) is 0 Å². The van der Waals surface area contributed by atoms with Gasteiger partial charge in [-0.25, -0.2) is 4.98 Å². The SMILES string of the molecule is Cc1cccnc1-n1c(C)cc([C@@H]2[C@H](c3ccccn3)NC(=S)N2CC(C)C)c1C. The fourth-order valence-corrected chi connectivity index (χ4v) is 4.77. The molecule has 1 N–H and O–H groups in total. The number of aryl methyl sites for hydroxylation is 2. The van der Waals surface area contributed by atoms with Crippen LogP contribution in [0.4, 0.5) is 0 Å². The molecule has 0 aliphatic carbocycles. The molecule has 1 saturated heterocycles. The summed E-state index contributed by atoms with van der Waals surface area (Å²) in [5.41, 5.74) is 5.80. The summed E-state index contributed by atoms with van der Waals surface area (Å²) in [6, 6.07) is 12.5. The van der Waals surface area contributed by atoms with E-state index < -0.39 is 0 Å². The van der Waals surface area contributed by atoms with Gasteiger partial charge in [0.1, 0.15) is 5.82 Å². The van der Waals surface area contributed by atoms with Crippen LogP contribution in [0.25, 0.3) is 5.82 Å². The van der Waals surface area contributed by atoms with Gasteiger partial charge in [-0.2, -0.15) is 0 Å². The second-order valence-corrected chi connectivity index (χ2v) is 8.87. The molecular formula is C24H29N5S. The molecule has 1 fully saturated rings. The molecule has 1 aliphatic heterocycles. The summed E-state index contributed by atoms with van der Waals surface area (Å²) < 4.78 is 2.26. The van der Waals surface area contributed by atoms with Crippen molar-refractivity contribution in [2.24, 2.45) is 5.92 Å². The summed E-state index contributed by atoms with van der Waals surface area (Å²) in [4.78, 5) is 11.6. The summed E-state index contributed by atoms with van der Waals surface area (Å²) >= 11 is 5.78. The molecule has 0 bridgehead atoms. The Hall–Kier alpha value is -2.73. The summed E-state index contributed by atoms with van der Waals surface area (Å²) in [7, 11) is 0. The number of thiocarbonyl (C=S) groups is 1. The number of nitrogens with zero attached hydrogens (tertiary/aromatic N) is 4. The van der Waals surface area contributed by atoms with Crippen LogP contribution >= 0.6 is 12.2 Å². The van der Waals surface area contributed by atoms with Crippen molar-refractivity contribution in [2.45, 2.75) is 46.7 Å². The molecule has 0 radical (unpaired) electrons. The molecule has 4 rings (SSSR count). The third-order valence-corrected chi connectivity index (χ3v) is 6.09. The normalized spacial score (nSPS) is 18.9. The lowest BCUT2D eigenvalue weighted by Crippen LogP contribution is -2.33. The Labute approximate surface area is 184 Å². The molecule has 156 valence electrons. The minimum Gasteiger partial charge on any atom is -0.352 e. The molecule has 2 atom stereocenters. The number of pyridine rings is 2. The van der Waals surface area contributed by atoms with Crippen LogP contribution in [-0.4, -0.2) is 31.1 Å². The van der Waals surface area contributed by atoms with Crippen molar-refractivity contribution >= 4 is 17.3 Å². The third kappa shape index (κ3) is 3.60. The second kappa shape index (κ2) is 8.19. The maximum Gasteiger partial charge on any atom is 0.170 e. The zero-order chi connectivity index (χ0) is 21.4. The van der Waals surface area contributed by atoms with Gasteiger partial charge in [0.25, 0.3) is 0 Å². The number of rotatable bonds is 5. The van der Waals surface area contributed by atoms with E-state index in [1.165, 1.54) is 17.0 Å². The Morgan fingerprint density at radius 3 is 2.50 bits per heavy atom. The zero-order valence-electron chi connectivity index (χ0n) is 18.3. The van der Waals surface area contributed by atoms with Crippen molar-refractivity contribution in [2.75, 3.05) is 6.54 Å². The van der Waals surface area contributed by atoms with Gasteiger partial charge in [-0.1, -0.05) is 26.0 Å². The first-order chi connectivity index (χ1) is 14.4. The van der Waals surface area contributed by atoms with E-state index in [1.807, 2.05) is 30.6 Å². The predicted octanol–water partition coefficient (Wildman–Crippen LogP) is 4.82. The monoisotopic (exact) mass is 419 g/mol. The topological polar surface area (TPSA) is 46.0 Å². The van der Waals surface area contributed by atoms with Gasteiger partial charge in [-0.05, 0) is 74.3 Å². The third-order valence-electron chi connectivity index (χ3n) is 5.74. The van der Waals surface area contributed by atoms with Gasteiger partial charge in [0, 0.05) is 30.3 Å². The van der Waals surface area contributed by atoms with E-state index in [2.05, 4.69) is 77.6 Å². The van der Waals surface area contributed by atoms with Crippen molar-refractivity contribution in [3.05, 3.63) is 77.0 Å². The quantitative estimate of drug-likeness (QED) is 0.601. The molecule has 4 heterocycles. The van der Waals surface area contributed by atoms with Gasteiger partial charge in [0.05, 0.1) is 17.8 Å². The lowest BCUT2D eigenvalue weighted by Gasteiger charge is -2.29. The Balaban J connectivity index is 1.85. The van der Waals surface area contributed by atoms with Crippen molar-refractivity contribution in [3.63, 3.8) is 0 Å². The molecule has 30 heavy (non-hydrogen) atoms. The highest BCUT2D eigenvalue weighted by atomic mass is 32.1. The first-order valence-electron chi connectivity index (χ1n) is 10.5.